The molecule has 0 saturated carbocycles. The molecule has 2 aromatic carbocycles. The lowest BCUT2D eigenvalue weighted by Gasteiger charge is -2.02. The van der Waals surface area contributed by atoms with Crippen LogP contribution in [0.2, 0.25) is 0 Å². The van der Waals surface area contributed by atoms with E-state index in [1.54, 1.807) is 23.0 Å². The molecule has 0 aliphatic heterocycles. The lowest BCUT2D eigenvalue weighted by molar-refractivity contribution is -0.384. The number of non-ortho nitro benzene ring substituents is 1. The molecule has 0 atom stereocenters. The molecular formula is C17H12BrN7O2. The maximum absolute atomic E-state index is 10.7. The summed E-state index contributed by atoms with van der Waals surface area (Å²) in [5, 5.41) is 27.6. The van der Waals surface area contributed by atoms with Gasteiger partial charge < -0.3 is 0 Å². The van der Waals surface area contributed by atoms with E-state index in [0.717, 1.165) is 15.9 Å². The molecule has 2 heterocycles. The predicted molar refractivity (Wildman–Crippen MR) is 100 cm³/mol. The van der Waals surface area contributed by atoms with Crippen molar-refractivity contribution in [2.24, 2.45) is 0 Å². The molecule has 0 saturated heterocycles. The molecule has 10 heteroatoms. The van der Waals surface area contributed by atoms with Crippen molar-refractivity contribution < 1.29 is 4.92 Å². The summed E-state index contributed by atoms with van der Waals surface area (Å²) in [6, 6.07) is 15.9. The number of nitro benzene ring substituents is 1. The van der Waals surface area contributed by atoms with Gasteiger partial charge in [-0.3, -0.25) is 10.1 Å². The number of hydrogen-bond acceptors (Lipinski definition) is 6. The summed E-state index contributed by atoms with van der Waals surface area (Å²) in [6.07, 6.45) is 1.67. The van der Waals surface area contributed by atoms with Crippen molar-refractivity contribution in [2.75, 3.05) is 0 Å². The normalized spacial score (nSPS) is 10.9. The van der Waals surface area contributed by atoms with Crippen LogP contribution in [0.4, 0.5) is 5.69 Å². The molecule has 27 heavy (non-hydrogen) atoms. The fourth-order valence-corrected chi connectivity index (χ4v) is 3.11. The number of nitro groups is 1. The third-order valence-corrected chi connectivity index (χ3v) is 4.64. The highest BCUT2D eigenvalue weighted by atomic mass is 79.9. The van der Waals surface area contributed by atoms with Gasteiger partial charge in [0.25, 0.3) is 5.69 Å². The van der Waals surface area contributed by atoms with E-state index in [9.17, 15) is 10.1 Å². The average Bonchev–Trinajstić information content (AvgIpc) is 3.29. The van der Waals surface area contributed by atoms with Gasteiger partial charge >= 0.3 is 0 Å². The highest BCUT2D eigenvalue weighted by molar-refractivity contribution is 9.10. The quantitative estimate of drug-likeness (QED) is 0.359. The van der Waals surface area contributed by atoms with Gasteiger partial charge in [0.2, 0.25) is 5.82 Å². The summed E-state index contributed by atoms with van der Waals surface area (Å²) in [4.78, 5) is 11.7. The minimum atomic E-state index is -0.433. The third-order valence-electron chi connectivity index (χ3n) is 3.88. The molecule has 0 fully saturated rings. The SMILES string of the molecule is O=[N+]([O-])c1ccc(Cn2nnc(-c3cnn(-c4ccccc4)c3Br)n2)cc1. The summed E-state index contributed by atoms with van der Waals surface area (Å²) < 4.78 is 2.47. The van der Waals surface area contributed by atoms with E-state index in [1.807, 2.05) is 30.3 Å². The van der Waals surface area contributed by atoms with E-state index in [2.05, 4.69) is 36.4 Å². The van der Waals surface area contributed by atoms with Crippen molar-refractivity contribution in [3.8, 4) is 17.1 Å². The van der Waals surface area contributed by atoms with Crippen molar-refractivity contribution in [3.63, 3.8) is 0 Å². The molecular weight excluding hydrogens is 414 g/mol. The Balaban J connectivity index is 1.56. The molecule has 2 aromatic heterocycles. The Kier molecular flexibility index (Phi) is 4.47. The summed E-state index contributed by atoms with van der Waals surface area (Å²) in [5.74, 6) is 0.436. The van der Waals surface area contributed by atoms with Crippen LogP contribution in [0.5, 0.6) is 0 Å². The maximum Gasteiger partial charge on any atom is 0.269 e. The van der Waals surface area contributed by atoms with Crippen LogP contribution >= 0.6 is 15.9 Å². The summed E-state index contributed by atoms with van der Waals surface area (Å²) in [5.41, 5.74) is 2.51. The first kappa shape index (κ1) is 17.0. The van der Waals surface area contributed by atoms with Crippen LogP contribution in [0.3, 0.4) is 0 Å². The molecule has 0 aliphatic rings. The molecule has 0 bridgehead atoms. The van der Waals surface area contributed by atoms with E-state index in [0.29, 0.717) is 17.9 Å². The van der Waals surface area contributed by atoms with E-state index in [1.165, 1.54) is 16.9 Å². The fraction of sp³-hybridized carbons (Fsp3) is 0.0588. The molecule has 4 rings (SSSR count). The standard InChI is InChI=1S/C17H12BrN7O2/c18-16-15(10-19-24(16)13-4-2-1-3-5-13)17-20-22-23(21-17)11-12-6-8-14(9-7-12)25(26)27/h1-10H,11H2. The first-order valence-corrected chi connectivity index (χ1v) is 8.71. The van der Waals surface area contributed by atoms with Gasteiger partial charge in [0.1, 0.15) is 4.60 Å². The zero-order chi connectivity index (χ0) is 18.8. The van der Waals surface area contributed by atoms with Gasteiger partial charge in [0, 0.05) is 12.1 Å². The molecule has 9 nitrogen and oxygen atoms in total. The molecule has 4 aromatic rings. The predicted octanol–water partition coefficient (Wildman–Crippen LogP) is 3.24. The number of hydrogen-bond donors (Lipinski definition) is 0. The Morgan fingerprint density at radius 2 is 1.81 bits per heavy atom. The molecule has 0 spiro atoms. The number of rotatable bonds is 5. The summed E-state index contributed by atoms with van der Waals surface area (Å²) in [6.45, 7) is 0.357. The van der Waals surface area contributed by atoms with Crippen LogP contribution in [0.1, 0.15) is 5.56 Å². The van der Waals surface area contributed by atoms with Crippen LogP contribution in [0.15, 0.2) is 65.4 Å². The Labute approximate surface area is 161 Å². The van der Waals surface area contributed by atoms with Crippen molar-refractivity contribution in [2.45, 2.75) is 6.54 Å². The molecule has 134 valence electrons. The lowest BCUT2D eigenvalue weighted by Crippen LogP contribution is -2.04. The maximum atomic E-state index is 10.7. The topological polar surface area (TPSA) is 105 Å². The molecule has 0 unspecified atom stereocenters. The molecule has 0 N–H and O–H groups in total. The Morgan fingerprint density at radius 3 is 2.52 bits per heavy atom. The van der Waals surface area contributed by atoms with Crippen LogP contribution in [-0.4, -0.2) is 34.9 Å². The summed E-state index contributed by atoms with van der Waals surface area (Å²) >= 11 is 3.54. The Hall–Kier alpha value is -3.40. The number of aromatic nitrogens is 6. The molecule has 0 aliphatic carbocycles. The zero-order valence-corrected chi connectivity index (χ0v) is 15.4. The van der Waals surface area contributed by atoms with Crippen LogP contribution in [-0.2, 0) is 6.54 Å². The van der Waals surface area contributed by atoms with E-state index in [4.69, 9.17) is 0 Å². The number of benzene rings is 2. The smallest absolute Gasteiger partial charge is 0.258 e. The van der Waals surface area contributed by atoms with Gasteiger partial charge in [-0.1, -0.05) is 30.3 Å². The van der Waals surface area contributed by atoms with Gasteiger partial charge in [-0.2, -0.15) is 9.90 Å². The summed E-state index contributed by atoms with van der Waals surface area (Å²) in [7, 11) is 0. The van der Waals surface area contributed by atoms with Crippen molar-refractivity contribution >= 4 is 21.6 Å². The first-order valence-electron chi connectivity index (χ1n) is 7.92. The lowest BCUT2D eigenvalue weighted by atomic mass is 10.2. The van der Waals surface area contributed by atoms with Gasteiger partial charge in [-0.25, -0.2) is 4.68 Å². The van der Waals surface area contributed by atoms with Crippen LogP contribution < -0.4 is 0 Å². The number of halogens is 1. The van der Waals surface area contributed by atoms with Gasteiger partial charge in [0.15, 0.2) is 0 Å². The largest absolute Gasteiger partial charge is 0.269 e. The van der Waals surface area contributed by atoms with Crippen LogP contribution in [0, 0.1) is 10.1 Å². The van der Waals surface area contributed by atoms with Crippen molar-refractivity contribution in [3.05, 3.63) is 81.1 Å². The second kappa shape index (κ2) is 7.08. The highest BCUT2D eigenvalue weighted by Gasteiger charge is 2.16. The average molecular weight is 426 g/mol. The number of tetrazole rings is 1. The second-order valence-corrected chi connectivity index (χ2v) is 6.41. The molecule has 0 amide bonds. The Morgan fingerprint density at radius 1 is 1.07 bits per heavy atom. The molecule has 0 radical (unpaired) electrons. The van der Waals surface area contributed by atoms with Gasteiger partial charge in [-0.05, 0) is 38.8 Å². The monoisotopic (exact) mass is 425 g/mol. The number of nitrogens with zero attached hydrogens (tertiary/aromatic N) is 7. The van der Waals surface area contributed by atoms with Crippen molar-refractivity contribution in [1.82, 2.24) is 30.0 Å². The zero-order valence-electron chi connectivity index (χ0n) is 13.8. The van der Waals surface area contributed by atoms with E-state index in [-0.39, 0.29) is 5.69 Å². The Bertz CT molecular complexity index is 1090. The van der Waals surface area contributed by atoms with Gasteiger partial charge in [0.05, 0.1) is 28.9 Å². The minimum absolute atomic E-state index is 0.0447. The van der Waals surface area contributed by atoms with E-state index < -0.39 is 4.92 Å². The fourth-order valence-electron chi connectivity index (χ4n) is 2.54. The van der Waals surface area contributed by atoms with Crippen molar-refractivity contribution in [1.29, 1.82) is 0 Å². The van der Waals surface area contributed by atoms with E-state index >= 15 is 0 Å². The highest BCUT2D eigenvalue weighted by Crippen LogP contribution is 2.27. The second-order valence-electron chi connectivity index (χ2n) is 5.66. The van der Waals surface area contributed by atoms with Gasteiger partial charge in [-0.15, -0.1) is 10.2 Å². The first-order chi connectivity index (χ1) is 13.1. The number of para-hydroxylation sites is 1. The van der Waals surface area contributed by atoms with Crippen LogP contribution in [0.25, 0.3) is 17.1 Å². The minimum Gasteiger partial charge on any atom is -0.258 e. The third kappa shape index (κ3) is 3.47.